The average Bonchev–Trinajstić information content (AvgIpc) is 3.20. The third-order valence-corrected chi connectivity index (χ3v) is 4.30. The Morgan fingerprint density at radius 2 is 2.29 bits per heavy atom. The number of esters is 1. The van der Waals surface area contributed by atoms with Gasteiger partial charge in [0, 0.05) is 23.9 Å². The summed E-state index contributed by atoms with van der Waals surface area (Å²) in [6, 6.07) is 4.27. The number of fused-ring (bicyclic) bond motifs is 1. The number of ether oxygens (including phenoxy) is 1. The number of methoxy groups -OCH3 is 1. The first kappa shape index (κ1) is 15.9. The molecule has 2 heterocycles. The monoisotopic (exact) mass is 345 g/mol. The highest BCUT2D eigenvalue weighted by Crippen LogP contribution is 2.24. The first-order valence-electron chi connectivity index (χ1n) is 7.09. The van der Waals surface area contributed by atoms with Gasteiger partial charge in [-0.25, -0.2) is 14.8 Å². The molecular formula is C15H15N5O3S. The molecule has 0 bridgehead atoms. The Bertz CT molecular complexity index is 875. The number of hydrogen-bond acceptors (Lipinski definition) is 7. The van der Waals surface area contributed by atoms with E-state index in [4.69, 9.17) is 10.5 Å². The van der Waals surface area contributed by atoms with Crippen LogP contribution in [0.4, 0.5) is 5.13 Å². The van der Waals surface area contributed by atoms with Gasteiger partial charge in [-0.15, -0.1) is 0 Å². The molecule has 1 aromatic carbocycles. The van der Waals surface area contributed by atoms with Gasteiger partial charge in [-0.2, -0.15) is 0 Å². The highest BCUT2D eigenvalue weighted by molar-refractivity contribution is 7.22. The van der Waals surface area contributed by atoms with Crippen molar-refractivity contribution in [3.8, 4) is 0 Å². The molecule has 8 nitrogen and oxygen atoms in total. The molecule has 2 aromatic heterocycles. The Balaban J connectivity index is 1.79. The van der Waals surface area contributed by atoms with Gasteiger partial charge < -0.3 is 20.8 Å². The summed E-state index contributed by atoms with van der Waals surface area (Å²) in [5, 5.41) is 3.12. The predicted octanol–water partition coefficient (Wildman–Crippen LogP) is 1.12. The molecule has 124 valence electrons. The molecular weight excluding hydrogens is 330 g/mol. The zero-order valence-corrected chi connectivity index (χ0v) is 13.6. The lowest BCUT2D eigenvalue weighted by Gasteiger charge is -2.15. The summed E-state index contributed by atoms with van der Waals surface area (Å²) in [7, 11) is 1.28. The second-order valence-corrected chi connectivity index (χ2v) is 6.13. The normalized spacial score (nSPS) is 12.0. The molecule has 3 aromatic rings. The Kier molecular flexibility index (Phi) is 4.43. The summed E-state index contributed by atoms with van der Waals surface area (Å²) < 4.78 is 5.65. The average molecular weight is 345 g/mol. The van der Waals surface area contributed by atoms with E-state index in [1.54, 1.807) is 24.4 Å². The van der Waals surface area contributed by atoms with E-state index in [0.717, 1.165) is 4.70 Å². The molecule has 0 saturated heterocycles. The van der Waals surface area contributed by atoms with Crippen LogP contribution in [0.1, 0.15) is 16.1 Å². The zero-order valence-electron chi connectivity index (χ0n) is 12.8. The van der Waals surface area contributed by atoms with E-state index < -0.39 is 17.9 Å². The summed E-state index contributed by atoms with van der Waals surface area (Å²) in [4.78, 5) is 35.3. The fourth-order valence-corrected chi connectivity index (χ4v) is 2.99. The molecule has 3 rings (SSSR count). The smallest absolute Gasteiger partial charge is 0.328 e. The number of anilines is 1. The molecule has 0 saturated carbocycles. The second-order valence-electron chi connectivity index (χ2n) is 5.06. The SMILES string of the molecule is COC(=O)[C@H](Cc1cnc[nH]1)NC(=O)c1ccc2sc(N)nc2c1. The number of amides is 1. The minimum atomic E-state index is -0.820. The summed E-state index contributed by atoms with van der Waals surface area (Å²) in [5.74, 6) is -0.921. The van der Waals surface area contributed by atoms with Crippen LogP contribution in [0.25, 0.3) is 10.2 Å². The van der Waals surface area contributed by atoms with Crippen LogP contribution in [0.15, 0.2) is 30.7 Å². The van der Waals surface area contributed by atoms with Crippen LogP contribution in [0.3, 0.4) is 0 Å². The number of imidazole rings is 1. The Hall–Kier alpha value is -2.94. The van der Waals surface area contributed by atoms with Crippen molar-refractivity contribution in [3.63, 3.8) is 0 Å². The molecule has 9 heteroatoms. The Morgan fingerprint density at radius 3 is 3.00 bits per heavy atom. The summed E-state index contributed by atoms with van der Waals surface area (Å²) in [5.41, 5.74) is 7.42. The van der Waals surface area contributed by atoms with Gasteiger partial charge in [-0.05, 0) is 18.2 Å². The van der Waals surface area contributed by atoms with E-state index in [9.17, 15) is 9.59 Å². The van der Waals surface area contributed by atoms with Gasteiger partial charge in [0.1, 0.15) is 6.04 Å². The molecule has 1 amide bonds. The molecule has 0 fully saturated rings. The van der Waals surface area contributed by atoms with Crippen molar-refractivity contribution in [1.29, 1.82) is 0 Å². The largest absolute Gasteiger partial charge is 0.467 e. The van der Waals surface area contributed by atoms with Crippen LogP contribution in [0, 0.1) is 0 Å². The molecule has 24 heavy (non-hydrogen) atoms. The minimum absolute atomic E-state index is 0.254. The summed E-state index contributed by atoms with van der Waals surface area (Å²) in [6.45, 7) is 0. The molecule has 0 aliphatic carbocycles. The van der Waals surface area contributed by atoms with E-state index in [0.29, 0.717) is 21.9 Å². The molecule has 0 unspecified atom stereocenters. The fraction of sp³-hybridized carbons (Fsp3) is 0.200. The quantitative estimate of drug-likeness (QED) is 0.595. The van der Waals surface area contributed by atoms with Crippen LogP contribution in [0.2, 0.25) is 0 Å². The molecule has 0 aliphatic rings. The van der Waals surface area contributed by atoms with Crippen LogP contribution < -0.4 is 11.1 Å². The van der Waals surface area contributed by atoms with Gasteiger partial charge in [0.25, 0.3) is 5.91 Å². The van der Waals surface area contributed by atoms with Crippen LogP contribution in [-0.4, -0.2) is 40.0 Å². The number of nitrogens with one attached hydrogen (secondary N) is 2. The maximum absolute atomic E-state index is 12.5. The van der Waals surface area contributed by atoms with Crippen LogP contribution >= 0.6 is 11.3 Å². The number of benzene rings is 1. The van der Waals surface area contributed by atoms with Gasteiger partial charge in [-0.3, -0.25) is 4.79 Å². The van der Waals surface area contributed by atoms with Crippen LogP contribution in [0.5, 0.6) is 0 Å². The zero-order chi connectivity index (χ0) is 17.1. The first-order valence-corrected chi connectivity index (χ1v) is 7.90. The number of rotatable bonds is 5. The number of aromatic nitrogens is 3. The Morgan fingerprint density at radius 1 is 1.46 bits per heavy atom. The molecule has 1 atom stereocenters. The fourth-order valence-electron chi connectivity index (χ4n) is 2.28. The summed E-state index contributed by atoms with van der Waals surface area (Å²) >= 11 is 1.35. The van der Waals surface area contributed by atoms with Gasteiger partial charge in [0.05, 0.1) is 23.7 Å². The van der Waals surface area contributed by atoms with E-state index >= 15 is 0 Å². The number of carbonyl (C=O) groups excluding carboxylic acids is 2. The highest BCUT2D eigenvalue weighted by atomic mass is 32.1. The van der Waals surface area contributed by atoms with E-state index in [1.807, 2.05) is 0 Å². The molecule has 0 radical (unpaired) electrons. The topological polar surface area (TPSA) is 123 Å². The second kappa shape index (κ2) is 6.67. The number of H-pyrrole nitrogens is 1. The number of thiazole rings is 1. The highest BCUT2D eigenvalue weighted by Gasteiger charge is 2.23. The van der Waals surface area contributed by atoms with Crippen molar-refractivity contribution in [2.45, 2.75) is 12.5 Å². The Labute approximate surface area is 141 Å². The molecule has 0 aliphatic heterocycles. The molecule has 4 N–H and O–H groups in total. The van der Waals surface area contributed by atoms with Crippen molar-refractivity contribution in [3.05, 3.63) is 42.0 Å². The minimum Gasteiger partial charge on any atom is -0.467 e. The van der Waals surface area contributed by atoms with Gasteiger partial charge in [0.15, 0.2) is 5.13 Å². The third kappa shape index (κ3) is 3.35. The number of aromatic amines is 1. The number of nitrogens with two attached hydrogens (primary N) is 1. The maximum Gasteiger partial charge on any atom is 0.328 e. The van der Waals surface area contributed by atoms with Gasteiger partial charge in [0.2, 0.25) is 0 Å². The van der Waals surface area contributed by atoms with Gasteiger partial charge in [-0.1, -0.05) is 11.3 Å². The van der Waals surface area contributed by atoms with E-state index in [2.05, 4.69) is 20.3 Å². The standard InChI is InChI=1S/C15H15N5O3S/c1-23-14(22)11(5-9-6-17-7-18-9)19-13(21)8-2-3-12-10(4-8)20-15(16)24-12/h2-4,6-7,11H,5H2,1H3,(H2,16,20)(H,17,18)(H,19,21)/t11-/m0/s1. The summed E-state index contributed by atoms with van der Waals surface area (Å²) in [6.07, 6.45) is 3.35. The number of nitrogen functional groups attached to an aromatic ring is 1. The van der Waals surface area contributed by atoms with Crippen molar-refractivity contribution in [1.82, 2.24) is 20.3 Å². The van der Waals surface area contributed by atoms with E-state index in [-0.39, 0.29) is 6.42 Å². The van der Waals surface area contributed by atoms with Crippen molar-refractivity contribution >= 4 is 38.6 Å². The lowest BCUT2D eigenvalue weighted by Crippen LogP contribution is -2.43. The lowest BCUT2D eigenvalue weighted by molar-refractivity contribution is -0.142. The van der Waals surface area contributed by atoms with Crippen molar-refractivity contribution in [2.75, 3.05) is 12.8 Å². The first-order chi connectivity index (χ1) is 11.6. The van der Waals surface area contributed by atoms with Gasteiger partial charge >= 0.3 is 5.97 Å². The maximum atomic E-state index is 12.5. The van der Waals surface area contributed by atoms with Crippen LogP contribution in [-0.2, 0) is 16.0 Å². The lowest BCUT2D eigenvalue weighted by atomic mass is 10.1. The number of hydrogen-bond donors (Lipinski definition) is 3. The van der Waals surface area contributed by atoms with Crippen molar-refractivity contribution in [2.24, 2.45) is 0 Å². The van der Waals surface area contributed by atoms with E-state index in [1.165, 1.54) is 24.8 Å². The number of nitrogens with zero attached hydrogens (tertiary/aromatic N) is 2. The molecule has 0 spiro atoms. The van der Waals surface area contributed by atoms with Crippen molar-refractivity contribution < 1.29 is 14.3 Å². The predicted molar refractivity (Wildman–Crippen MR) is 89.6 cm³/mol. The third-order valence-electron chi connectivity index (χ3n) is 3.44. The number of carbonyl (C=O) groups is 2.